The van der Waals surface area contributed by atoms with Gasteiger partial charge in [-0.3, -0.25) is 19.7 Å². The summed E-state index contributed by atoms with van der Waals surface area (Å²) in [5.41, 5.74) is 2.15. The summed E-state index contributed by atoms with van der Waals surface area (Å²) in [6, 6.07) is 9.96. The molecule has 1 spiro atoms. The van der Waals surface area contributed by atoms with E-state index >= 15 is 0 Å². The number of pyridine rings is 2. The number of piperidine rings is 1. The number of hydrogen-bond donors (Lipinski definition) is 1. The lowest BCUT2D eigenvalue weighted by Crippen LogP contribution is -2.50. The fourth-order valence-corrected chi connectivity index (χ4v) is 3.94. The molecule has 0 unspecified atom stereocenters. The fourth-order valence-electron chi connectivity index (χ4n) is 3.94. The van der Waals surface area contributed by atoms with Gasteiger partial charge in [0.1, 0.15) is 0 Å². The van der Waals surface area contributed by atoms with Crippen LogP contribution in [0.3, 0.4) is 0 Å². The Morgan fingerprint density at radius 2 is 1.92 bits per heavy atom. The van der Waals surface area contributed by atoms with Crippen LogP contribution in [0.5, 0.6) is 0 Å². The second-order valence-electron chi connectivity index (χ2n) is 6.90. The summed E-state index contributed by atoms with van der Waals surface area (Å²) in [7, 11) is 0. The molecule has 0 aliphatic carbocycles. The van der Waals surface area contributed by atoms with Gasteiger partial charge in [-0.1, -0.05) is 6.07 Å². The van der Waals surface area contributed by atoms with Crippen molar-refractivity contribution in [2.75, 3.05) is 13.1 Å². The molecular formula is C19H22N4O. The van der Waals surface area contributed by atoms with E-state index in [4.69, 9.17) is 0 Å². The topological polar surface area (TPSA) is 58.1 Å². The Bertz CT molecular complexity index is 696. The van der Waals surface area contributed by atoms with Crippen LogP contribution in [0, 0.1) is 0 Å². The molecule has 0 saturated carbocycles. The monoisotopic (exact) mass is 322 g/mol. The van der Waals surface area contributed by atoms with Gasteiger partial charge in [0.2, 0.25) is 5.91 Å². The van der Waals surface area contributed by atoms with Gasteiger partial charge in [-0.25, -0.2) is 0 Å². The first-order chi connectivity index (χ1) is 11.7. The summed E-state index contributed by atoms with van der Waals surface area (Å²) in [4.78, 5) is 23.4. The first-order valence-corrected chi connectivity index (χ1v) is 8.58. The lowest BCUT2D eigenvalue weighted by atomic mass is 9.82. The molecule has 0 bridgehead atoms. The smallest absolute Gasteiger partial charge is 0.228 e. The van der Waals surface area contributed by atoms with Gasteiger partial charge in [0.05, 0.1) is 11.6 Å². The predicted molar refractivity (Wildman–Crippen MR) is 91.2 cm³/mol. The number of nitrogens with one attached hydrogen (secondary N) is 1. The molecule has 2 aromatic heterocycles. The molecule has 1 amide bonds. The summed E-state index contributed by atoms with van der Waals surface area (Å²) in [6.07, 6.45) is 8.29. The highest BCUT2D eigenvalue weighted by Crippen LogP contribution is 2.39. The quantitative estimate of drug-likeness (QED) is 0.940. The van der Waals surface area contributed by atoms with E-state index < -0.39 is 0 Å². The fraction of sp³-hybridized carbons (Fsp3) is 0.421. The third-order valence-electron chi connectivity index (χ3n) is 5.33. The number of carbonyl (C=O) groups is 1. The average Bonchev–Trinajstić information content (AvgIpc) is 2.95. The first kappa shape index (κ1) is 15.3. The van der Waals surface area contributed by atoms with E-state index in [9.17, 15) is 4.79 Å². The van der Waals surface area contributed by atoms with Gasteiger partial charge in [0.15, 0.2) is 0 Å². The SMILES string of the molecule is O=C1NC2(CCN(Cc3ccccn3)CC2)C[C@@H]1c1ccncc1. The standard InChI is InChI=1S/C19H22N4O/c24-18-17(15-4-9-20-10-5-15)13-19(22-18)6-11-23(12-7-19)14-16-3-1-2-8-21-16/h1-5,8-10,17H,6-7,11-14H2,(H,22,24)/t17-/m1/s1. The van der Waals surface area contributed by atoms with Gasteiger partial charge in [-0.05, 0) is 49.1 Å². The summed E-state index contributed by atoms with van der Waals surface area (Å²) < 4.78 is 0. The molecule has 4 rings (SSSR count). The van der Waals surface area contributed by atoms with Crippen LogP contribution in [-0.4, -0.2) is 39.4 Å². The molecule has 5 nitrogen and oxygen atoms in total. The minimum absolute atomic E-state index is 0.0321. The number of nitrogens with zero attached hydrogens (tertiary/aromatic N) is 3. The molecule has 2 aliphatic heterocycles. The minimum Gasteiger partial charge on any atom is -0.350 e. The van der Waals surface area contributed by atoms with Crippen molar-refractivity contribution < 1.29 is 4.79 Å². The first-order valence-electron chi connectivity index (χ1n) is 8.58. The molecule has 2 saturated heterocycles. The number of aromatic nitrogens is 2. The summed E-state index contributed by atoms with van der Waals surface area (Å²) >= 11 is 0. The Morgan fingerprint density at radius 1 is 1.12 bits per heavy atom. The van der Waals surface area contributed by atoms with E-state index in [1.165, 1.54) is 0 Å². The Kier molecular flexibility index (Phi) is 4.02. The molecule has 1 atom stereocenters. The van der Waals surface area contributed by atoms with E-state index in [1.807, 2.05) is 30.5 Å². The molecular weight excluding hydrogens is 300 g/mol. The van der Waals surface area contributed by atoms with E-state index in [-0.39, 0.29) is 17.4 Å². The van der Waals surface area contributed by atoms with Crippen molar-refractivity contribution in [3.05, 3.63) is 60.2 Å². The van der Waals surface area contributed by atoms with Crippen molar-refractivity contribution in [3.8, 4) is 0 Å². The zero-order valence-electron chi connectivity index (χ0n) is 13.7. The van der Waals surface area contributed by atoms with Crippen LogP contribution in [0.2, 0.25) is 0 Å². The number of amides is 1. The Balaban J connectivity index is 1.39. The third kappa shape index (κ3) is 3.04. The van der Waals surface area contributed by atoms with E-state index in [1.54, 1.807) is 12.4 Å². The molecule has 5 heteroatoms. The molecule has 2 fully saturated rings. The number of carbonyl (C=O) groups excluding carboxylic acids is 1. The Morgan fingerprint density at radius 3 is 2.62 bits per heavy atom. The molecule has 1 N–H and O–H groups in total. The van der Waals surface area contributed by atoms with Gasteiger partial charge in [0, 0.05) is 43.8 Å². The zero-order chi connectivity index (χ0) is 16.4. The maximum absolute atomic E-state index is 12.5. The van der Waals surface area contributed by atoms with Crippen molar-refractivity contribution in [1.82, 2.24) is 20.2 Å². The maximum Gasteiger partial charge on any atom is 0.228 e. The molecule has 2 aliphatic rings. The maximum atomic E-state index is 12.5. The zero-order valence-corrected chi connectivity index (χ0v) is 13.7. The van der Waals surface area contributed by atoms with Gasteiger partial charge >= 0.3 is 0 Å². The van der Waals surface area contributed by atoms with Crippen molar-refractivity contribution in [2.24, 2.45) is 0 Å². The lowest BCUT2D eigenvalue weighted by molar-refractivity contribution is -0.121. The normalized spacial score (nSPS) is 23.3. The largest absolute Gasteiger partial charge is 0.350 e. The van der Waals surface area contributed by atoms with Crippen LogP contribution in [0.25, 0.3) is 0 Å². The highest BCUT2D eigenvalue weighted by Gasteiger charge is 2.46. The van der Waals surface area contributed by atoms with Gasteiger partial charge < -0.3 is 5.32 Å². The van der Waals surface area contributed by atoms with Crippen LogP contribution in [0.1, 0.15) is 36.4 Å². The highest BCUT2D eigenvalue weighted by molar-refractivity contribution is 5.87. The number of hydrogen-bond acceptors (Lipinski definition) is 4. The second-order valence-corrected chi connectivity index (χ2v) is 6.90. The second kappa shape index (κ2) is 6.32. The van der Waals surface area contributed by atoms with Crippen LogP contribution < -0.4 is 5.32 Å². The van der Waals surface area contributed by atoms with E-state index in [0.29, 0.717) is 0 Å². The Hall–Kier alpha value is -2.27. The molecule has 2 aromatic rings. The highest BCUT2D eigenvalue weighted by atomic mass is 16.2. The summed E-state index contributed by atoms with van der Waals surface area (Å²) in [6.45, 7) is 2.89. The number of likely N-dealkylation sites (tertiary alicyclic amines) is 1. The van der Waals surface area contributed by atoms with E-state index in [2.05, 4.69) is 26.3 Å². The minimum atomic E-state index is -0.0361. The average molecular weight is 322 g/mol. The molecule has 124 valence electrons. The third-order valence-corrected chi connectivity index (χ3v) is 5.33. The van der Waals surface area contributed by atoms with Crippen LogP contribution in [0.4, 0.5) is 0 Å². The number of rotatable bonds is 3. The molecule has 24 heavy (non-hydrogen) atoms. The predicted octanol–water partition coefficient (Wildman–Crippen LogP) is 2.11. The van der Waals surface area contributed by atoms with Crippen molar-refractivity contribution in [3.63, 3.8) is 0 Å². The Labute approximate surface area is 142 Å². The molecule has 4 heterocycles. The summed E-state index contributed by atoms with van der Waals surface area (Å²) in [5.74, 6) is 0.134. The van der Waals surface area contributed by atoms with Gasteiger partial charge in [-0.2, -0.15) is 0 Å². The van der Waals surface area contributed by atoms with Crippen LogP contribution in [-0.2, 0) is 11.3 Å². The van der Waals surface area contributed by atoms with Gasteiger partial charge in [-0.15, -0.1) is 0 Å². The van der Waals surface area contributed by atoms with Crippen molar-refractivity contribution in [1.29, 1.82) is 0 Å². The van der Waals surface area contributed by atoms with Crippen molar-refractivity contribution >= 4 is 5.91 Å². The lowest BCUT2D eigenvalue weighted by Gasteiger charge is -2.39. The van der Waals surface area contributed by atoms with Crippen LogP contribution >= 0.6 is 0 Å². The van der Waals surface area contributed by atoms with Crippen molar-refractivity contribution in [2.45, 2.75) is 37.3 Å². The summed E-state index contributed by atoms with van der Waals surface area (Å²) in [5, 5.41) is 3.30. The molecule has 0 aromatic carbocycles. The van der Waals surface area contributed by atoms with Gasteiger partial charge in [0.25, 0.3) is 0 Å². The van der Waals surface area contributed by atoms with Crippen LogP contribution in [0.15, 0.2) is 48.9 Å². The van der Waals surface area contributed by atoms with E-state index in [0.717, 1.165) is 50.2 Å². The molecule has 0 radical (unpaired) electrons.